The van der Waals surface area contributed by atoms with Gasteiger partial charge in [0.25, 0.3) is 0 Å². The zero-order valence-electron chi connectivity index (χ0n) is 13.1. The second-order valence-electron chi connectivity index (χ2n) is 7.07. The number of nitrogens with zero attached hydrogens (tertiary/aromatic N) is 2. The van der Waals surface area contributed by atoms with Crippen LogP contribution in [0.4, 0.5) is 11.4 Å². The van der Waals surface area contributed by atoms with Crippen molar-refractivity contribution in [1.82, 2.24) is 4.90 Å². The fourth-order valence-corrected chi connectivity index (χ4v) is 4.58. The number of hydrogen-bond donors (Lipinski definition) is 1. The molecule has 0 aromatic heterocycles. The molecule has 0 spiro atoms. The van der Waals surface area contributed by atoms with Crippen molar-refractivity contribution < 1.29 is 0 Å². The third-order valence-corrected chi connectivity index (χ3v) is 5.81. The maximum absolute atomic E-state index is 3.88. The van der Waals surface area contributed by atoms with Gasteiger partial charge in [-0.25, -0.2) is 0 Å². The average molecular weight is 285 g/mol. The average Bonchev–Trinajstić information content (AvgIpc) is 3.08. The molecule has 0 aliphatic carbocycles. The van der Waals surface area contributed by atoms with Crippen LogP contribution >= 0.6 is 0 Å². The third-order valence-electron chi connectivity index (χ3n) is 5.81. The summed E-state index contributed by atoms with van der Waals surface area (Å²) < 4.78 is 0. The van der Waals surface area contributed by atoms with E-state index in [2.05, 4.69) is 46.4 Å². The molecule has 4 rings (SSSR count). The lowest BCUT2D eigenvalue weighted by molar-refractivity contribution is 0.169. The summed E-state index contributed by atoms with van der Waals surface area (Å²) in [5.74, 6) is 0. The van der Waals surface area contributed by atoms with Crippen LogP contribution in [0.3, 0.4) is 0 Å². The van der Waals surface area contributed by atoms with Crippen LogP contribution in [0.5, 0.6) is 0 Å². The Balaban J connectivity index is 1.50. The summed E-state index contributed by atoms with van der Waals surface area (Å²) in [4.78, 5) is 5.16. The summed E-state index contributed by atoms with van der Waals surface area (Å²) in [6.45, 7) is 2.44. The van der Waals surface area contributed by atoms with Crippen LogP contribution in [0.15, 0.2) is 24.3 Å². The number of piperidine rings is 1. The Morgan fingerprint density at radius 3 is 2.38 bits per heavy atom. The molecule has 114 valence electrons. The molecule has 0 saturated carbocycles. The third kappa shape index (κ3) is 2.52. The predicted octanol–water partition coefficient (Wildman–Crippen LogP) is 3.32. The normalized spacial score (nSPS) is 32.6. The zero-order valence-corrected chi connectivity index (χ0v) is 13.1. The number of rotatable bonds is 3. The van der Waals surface area contributed by atoms with Crippen LogP contribution < -0.4 is 10.2 Å². The van der Waals surface area contributed by atoms with Crippen LogP contribution in [0, 0.1) is 0 Å². The molecule has 3 fully saturated rings. The van der Waals surface area contributed by atoms with E-state index in [1.807, 2.05) is 0 Å². The molecule has 21 heavy (non-hydrogen) atoms. The van der Waals surface area contributed by atoms with E-state index < -0.39 is 0 Å². The van der Waals surface area contributed by atoms with E-state index in [-0.39, 0.29) is 0 Å². The van der Waals surface area contributed by atoms with Gasteiger partial charge in [0.15, 0.2) is 0 Å². The van der Waals surface area contributed by atoms with Crippen molar-refractivity contribution in [3.63, 3.8) is 0 Å². The van der Waals surface area contributed by atoms with Crippen LogP contribution in [-0.4, -0.2) is 43.2 Å². The quantitative estimate of drug-likeness (QED) is 0.919. The number of nitrogens with one attached hydrogen (secondary N) is 1. The number of benzene rings is 1. The molecule has 1 aromatic carbocycles. The zero-order chi connectivity index (χ0) is 14.2. The van der Waals surface area contributed by atoms with Gasteiger partial charge in [0.05, 0.1) is 11.4 Å². The summed E-state index contributed by atoms with van der Waals surface area (Å²) in [5.41, 5.74) is 2.77. The first kappa shape index (κ1) is 13.4. The van der Waals surface area contributed by atoms with Gasteiger partial charge in [0, 0.05) is 31.2 Å². The molecular weight excluding hydrogens is 258 g/mol. The van der Waals surface area contributed by atoms with Crippen molar-refractivity contribution in [2.75, 3.05) is 30.4 Å². The van der Waals surface area contributed by atoms with Gasteiger partial charge < -0.3 is 15.1 Å². The van der Waals surface area contributed by atoms with Gasteiger partial charge in [-0.2, -0.15) is 0 Å². The molecule has 3 aliphatic heterocycles. The SMILES string of the molecule is CN1C2CCC1CC(Nc1ccccc1N1CCCC1)C2. The molecule has 3 heteroatoms. The molecule has 0 radical (unpaired) electrons. The van der Waals surface area contributed by atoms with Gasteiger partial charge in [-0.15, -0.1) is 0 Å². The first-order chi connectivity index (χ1) is 10.3. The highest BCUT2D eigenvalue weighted by Crippen LogP contribution is 2.37. The fourth-order valence-electron chi connectivity index (χ4n) is 4.58. The fraction of sp³-hybridized carbons (Fsp3) is 0.667. The standard InChI is InChI=1S/C18H27N3/c1-20-15-8-9-16(20)13-14(12-15)19-17-6-2-3-7-18(17)21-10-4-5-11-21/h2-3,6-7,14-16,19H,4-5,8-13H2,1H3. The van der Waals surface area contributed by atoms with Gasteiger partial charge in [0.1, 0.15) is 0 Å². The van der Waals surface area contributed by atoms with E-state index >= 15 is 0 Å². The van der Waals surface area contributed by atoms with E-state index in [0.29, 0.717) is 6.04 Å². The Kier molecular flexibility index (Phi) is 3.54. The van der Waals surface area contributed by atoms with Crippen LogP contribution in [-0.2, 0) is 0 Å². The highest BCUT2D eigenvalue weighted by atomic mass is 15.2. The van der Waals surface area contributed by atoms with E-state index in [4.69, 9.17) is 0 Å². The minimum Gasteiger partial charge on any atom is -0.381 e. The minimum absolute atomic E-state index is 0.655. The lowest BCUT2D eigenvalue weighted by Gasteiger charge is -2.37. The highest BCUT2D eigenvalue weighted by molar-refractivity contribution is 5.70. The molecular formula is C18H27N3. The van der Waals surface area contributed by atoms with E-state index in [0.717, 1.165) is 12.1 Å². The number of anilines is 2. The summed E-state index contributed by atoms with van der Waals surface area (Å²) in [5, 5.41) is 3.88. The van der Waals surface area contributed by atoms with Crippen molar-refractivity contribution in [3.05, 3.63) is 24.3 Å². The lowest BCUT2D eigenvalue weighted by atomic mass is 9.97. The molecule has 3 heterocycles. The van der Waals surface area contributed by atoms with Crippen molar-refractivity contribution in [3.8, 4) is 0 Å². The first-order valence-electron chi connectivity index (χ1n) is 8.64. The number of fused-ring (bicyclic) bond motifs is 2. The maximum Gasteiger partial charge on any atom is 0.0602 e. The second kappa shape index (κ2) is 5.53. The van der Waals surface area contributed by atoms with Crippen LogP contribution in [0.2, 0.25) is 0 Å². The molecule has 2 bridgehead atoms. The Morgan fingerprint density at radius 2 is 1.67 bits per heavy atom. The minimum atomic E-state index is 0.655. The second-order valence-corrected chi connectivity index (χ2v) is 7.07. The van der Waals surface area contributed by atoms with Crippen LogP contribution in [0.1, 0.15) is 38.5 Å². The monoisotopic (exact) mass is 285 g/mol. The molecule has 0 amide bonds. The molecule has 2 unspecified atom stereocenters. The van der Waals surface area contributed by atoms with Crippen LogP contribution in [0.25, 0.3) is 0 Å². The highest BCUT2D eigenvalue weighted by Gasteiger charge is 2.38. The Bertz CT molecular complexity index is 481. The molecule has 3 aliphatic rings. The predicted molar refractivity (Wildman–Crippen MR) is 89.1 cm³/mol. The smallest absolute Gasteiger partial charge is 0.0602 e. The molecule has 3 nitrogen and oxygen atoms in total. The Labute approximate surface area is 128 Å². The van der Waals surface area contributed by atoms with Gasteiger partial charge in [-0.05, 0) is 57.7 Å². The van der Waals surface area contributed by atoms with Gasteiger partial charge >= 0.3 is 0 Å². The summed E-state index contributed by atoms with van der Waals surface area (Å²) in [6.07, 6.45) is 8.09. The topological polar surface area (TPSA) is 18.5 Å². The molecule has 1 aromatic rings. The number of hydrogen-bond acceptors (Lipinski definition) is 3. The largest absolute Gasteiger partial charge is 0.381 e. The van der Waals surface area contributed by atoms with Crippen molar-refractivity contribution in [1.29, 1.82) is 0 Å². The summed E-state index contributed by atoms with van der Waals surface area (Å²) in [6, 6.07) is 11.2. The molecule has 2 atom stereocenters. The van der Waals surface area contributed by atoms with Crippen molar-refractivity contribution in [2.24, 2.45) is 0 Å². The molecule has 3 saturated heterocycles. The number of para-hydroxylation sites is 2. The van der Waals surface area contributed by atoms with Crippen molar-refractivity contribution in [2.45, 2.75) is 56.7 Å². The van der Waals surface area contributed by atoms with Gasteiger partial charge in [0.2, 0.25) is 0 Å². The van der Waals surface area contributed by atoms with Crippen molar-refractivity contribution >= 4 is 11.4 Å². The van der Waals surface area contributed by atoms with E-state index in [1.165, 1.54) is 63.0 Å². The Morgan fingerprint density at radius 1 is 1.00 bits per heavy atom. The summed E-state index contributed by atoms with van der Waals surface area (Å²) in [7, 11) is 2.32. The van der Waals surface area contributed by atoms with E-state index in [1.54, 1.807) is 0 Å². The summed E-state index contributed by atoms with van der Waals surface area (Å²) >= 11 is 0. The Hall–Kier alpha value is -1.22. The lowest BCUT2D eigenvalue weighted by Crippen LogP contribution is -2.44. The van der Waals surface area contributed by atoms with Gasteiger partial charge in [-0.3, -0.25) is 0 Å². The maximum atomic E-state index is 3.88. The van der Waals surface area contributed by atoms with Gasteiger partial charge in [-0.1, -0.05) is 12.1 Å². The first-order valence-corrected chi connectivity index (χ1v) is 8.64. The molecule has 1 N–H and O–H groups in total. The van der Waals surface area contributed by atoms with E-state index in [9.17, 15) is 0 Å².